The Bertz CT molecular complexity index is 1060. The van der Waals surface area contributed by atoms with E-state index < -0.39 is 17.7 Å². The predicted octanol–water partition coefficient (Wildman–Crippen LogP) is 3.55. The Morgan fingerprint density at radius 2 is 1.69 bits per heavy atom. The summed E-state index contributed by atoms with van der Waals surface area (Å²) in [5.74, 6) is -0.128. The van der Waals surface area contributed by atoms with Gasteiger partial charge in [-0.1, -0.05) is 19.1 Å². The van der Waals surface area contributed by atoms with E-state index in [-0.39, 0.29) is 16.9 Å². The van der Waals surface area contributed by atoms with Crippen LogP contribution in [0.5, 0.6) is 23.0 Å². The van der Waals surface area contributed by atoms with Crippen LogP contribution in [0.4, 0.5) is 0 Å². The number of benzene rings is 2. The van der Waals surface area contributed by atoms with E-state index in [4.69, 9.17) is 18.9 Å². The van der Waals surface area contributed by atoms with Crippen LogP contribution in [0, 0.1) is 0 Å². The summed E-state index contributed by atoms with van der Waals surface area (Å²) in [4.78, 5) is 27.5. The number of rotatable bonds is 8. The molecule has 170 valence electrons. The number of hydrogen-bond donors (Lipinski definition) is 1. The van der Waals surface area contributed by atoms with E-state index in [9.17, 15) is 14.7 Å². The molecule has 8 nitrogen and oxygen atoms in total. The van der Waals surface area contributed by atoms with Gasteiger partial charge in [-0.3, -0.25) is 9.59 Å². The van der Waals surface area contributed by atoms with Crippen molar-refractivity contribution >= 4 is 17.4 Å². The molecule has 3 rings (SSSR count). The molecule has 2 aromatic rings. The molecule has 0 radical (unpaired) electrons. The maximum Gasteiger partial charge on any atom is 0.295 e. The molecule has 0 aromatic heterocycles. The summed E-state index contributed by atoms with van der Waals surface area (Å²) < 4.78 is 21.6. The molecule has 2 aromatic carbocycles. The lowest BCUT2D eigenvalue weighted by Crippen LogP contribution is -2.30. The molecule has 1 fully saturated rings. The van der Waals surface area contributed by atoms with Gasteiger partial charge in [-0.2, -0.15) is 0 Å². The first-order chi connectivity index (χ1) is 15.4. The molecule has 0 aliphatic carbocycles. The van der Waals surface area contributed by atoms with Crippen molar-refractivity contribution in [3.05, 3.63) is 53.1 Å². The summed E-state index contributed by atoms with van der Waals surface area (Å²) in [7, 11) is 5.95. The standard InChI is InChI=1S/C24H27NO7/c1-6-12-25-20(16-8-7-9-17(30-3)23(16)32-5)19(22(27)24(25)28)21(26)15-11-10-14(29-2)13-18(15)31-4/h7-11,13,20,26H,6,12H2,1-5H3/b21-19+. The first-order valence-electron chi connectivity index (χ1n) is 10.1. The number of likely N-dealkylation sites (tertiary alicyclic amines) is 1. The van der Waals surface area contributed by atoms with Crippen molar-refractivity contribution < 1.29 is 33.6 Å². The fourth-order valence-electron chi connectivity index (χ4n) is 3.94. The van der Waals surface area contributed by atoms with E-state index in [1.54, 1.807) is 36.4 Å². The molecule has 1 atom stereocenters. The number of carbonyl (C=O) groups is 2. The van der Waals surface area contributed by atoms with Crippen molar-refractivity contribution in [3.63, 3.8) is 0 Å². The van der Waals surface area contributed by atoms with Crippen molar-refractivity contribution in [2.45, 2.75) is 19.4 Å². The number of carbonyl (C=O) groups excluding carboxylic acids is 2. The molecule has 1 saturated heterocycles. The molecule has 8 heteroatoms. The average molecular weight is 441 g/mol. The zero-order valence-electron chi connectivity index (χ0n) is 18.8. The van der Waals surface area contributed by atoms with E-state index in [0.717, 1.165) is 0 Å². The van der Waals surface area contributed by atoms with Crippen molar-refractivity contribution in [2.24, 2.45) is 0 Å². The number of nitrogens with zero attached hydrogens (tertiary/aromatic N) is 1. The molecular weight excluding hydrogens is 414 g/mol. The summed E-state index contributed by atoms with van der Waals surface area (Å²) >= 11 is 0. The maximum absolute atomic E-state index is 13.1. The van der Waals surface area contributed by atoms with Crippen LogP contribution in [0.3, 0.4) is 0 Å². The number of ether oxygens (including phenoxy) is 4. The third kappa shape index (κ3) is 3.84. The molecule has 1 amide bonds. The van der Waals surface area contributed by atoms with Gasteiger partial charge in [-0.25, -0.2) is 0 Å². The van der Waals surface area contributed by atoms with Crippen LogP contribution in [-0.4, -0.2) is 56.7 Å². The Morgan fingerprint density at radius 3 is 2.28 bits per heavy atom. The molecule has 1 aliphatic rings. The van der Waals surface area contributed by atoms with Gasteiger partial charge >= 0.3 is 0 Å². The zero-order chi connectivity index (χ0) is 23.4. The van der Waals surface area contributed by atoms with Crippen molar-refractivity contribution in [3.8, 4) is 23.0 Å². The summed E-state index contributed by atoms with van der Waals surface area (Å²) in [6, 6.07) is 9.18. The number of methoxy groups -OCH3 is 4. The Morgan fingerprint density at radius 1 is 0.969 bits per heavy atom. The lowest BCUT2D eigenvalue weighted by molar-refractivity contribution is -0.139. The summed E-state index contributed by atoms with van der Waals surface area (Å²) in [6.07, 6.45) is 0.627. The lowest BCUT2D eigenvalue weighted by Gasteiger charge is -2.27. The second kappa shape index (κ2) is 9.64. The first-order valence-corrected chi connectivity index (χ1v) is 10.1. The van der Waals surface area contributed by atoms with E-state index in [2.05, 4.69) is 0 Å². The smallest absolute Gasteiger partial charge is 0.295 e. The van der Waals surface area contributed by atoms with Crippen molar-refractivity contribution in [2.75, 3.05) is 35.0 Å². The van der Waals surface area contributed by atoms with Crippen LogP contribution in [0.15, 0.2) is 42.0 Å². The molecule has 1 N–H and O–H groups in total. The van der Waals surface area contributed by atoms with E-state index in [0.29, 0.717) is 41.5 Å². The number of aliphatic hydroxyl groups is 1. The minimum absolute atomic E-state index is 0.0431. The lowest BCUT2D eigenvalue weighted by atomic mass is 9.94. The molecule has 1 aliphatic heterocycles. The van der Waals surface area contributed by atoms with Crippen LogP contribution >= 0.6 is 0 Å². The number of amides is 1. The third-order valence-corrected chi connectivity index (χ3v) is 5.40. The summed E-state index contributed by atoms with van der Waals surface area (Å²) in [6.45, 7) is 2.23. The van der Waals surface area contributed by atoms with E-state index >= 15 is 0 Å². The number of aliphatic hydroxyl groups excluding tert-OH is 1. The van der Waals surface area contributed by atoms with Crippen molar-refractivity contribution in [1.29, 1.82) is 0 Å². The van der Waals surface area contributed by atoms with Gasteiger partial charge in [-0.15, -0.1) is 0 Å². The second-order valence-electron chi connectivity index (χ2n) is 7.14. The molecule has 0 saturated carbocycles. The molecular formula is C24H27NO7. The highest BCUT2D eigenvalue weighted by Gasteiger charge is 2.47. The Kier molecular flexibility index (Phi) is 6.92. The topological polar surface area (TPSA) is 94.5 Å². The number of para-hydroxylation sites is 1. The van der Waals surface area contributed by atoms with Gasteiger partial charge < -0.3 is 29.0 Å². The van der Waals surface area contributed by atoms with Gasteiger partial charge in [0.2, 0.25) is 0 Å². The minimum Gasteiger partial charge on any atom is -0.507 e. The molecule has 1 heterocycles. The first kappa shape index (κ1) is 23.0. The van der Waals surface area contributed by atoms with Gasteiger partial charge in [0.15, 0.2) is 11.5 Å². The van der Waals surface area contributed by atoms with E-state index in [1.165, 1.54) is 33.3 Å². The third-order valence-electron chi connectivity index (χ3n) is 5.40. The number of hydrogen-bond acceptors (Lipinski definition) is 7. The van der Waals surface area contributed by atoms with Gasteiger partial charge in [0.25, 0.3) is 11.7 Å². The largest absolute Gasteiger partial charge is 0.507 e. The average Bonchev–Trinajstić information content (AvgIpc) is 3.07. The van der Waals surface area contributed by atoms with Gasteiger partial charge in [0.1, 0.15) is 17.3 Å². The highest BCUT2D eigenvalue weighted by molar-refractivity contribution is 6.46. The van der Waals surface area contributed by atoms with E-state index in [1.807, 2.05) is 6.92 Å². The SMILES string of the molecule is CCCN1C(=O)C(=O)/C(=C(/O)c2ccc(OC)cc2OC)C1c1cccc(OC)c1OC. The van der Waals surface area contributed by atoms with Crippen LogP contribution in [0.1, 0.15) is 30.5 Å². The molecule has 0 spiro atoms. The minimum atomic E-state index is -0.855. The molecule has 32 heavy (non-hydrogen) atoms. The summed E-state index contributed by atoms with van der Waals surface area (Å²) in [5, 5.41) is 11.3. The monoisotopic (exact) mass is 441 g/mol. The Balaban J connectivity index is 2.30. The van der Waals surface area contributed by atoms with Gasteiger partial charge in [0.05, 0.1) is 45.6 Å². The second-order valence-corrected chi connectivity index (χ2v) is 7.14. The Hall–Kier alpha value is -3.68. The van der Waals surface area contributed by atoms with Crippen molar-refractivity contribution in [1.82, 2.24) is 4.90 Å². The zero-order valence-corrected chi connectivity index (χ0v) is 18.8. The van der Waals surface area contributed by atoms with Crippen LogP contribution < -0.4 is 18.9 Å². The fraction of sp³-hybridized carbons (Fsp3) is 0.333. The highest BCUT2D eigenvalue weighted by atomic mass is 16.5. The predicted molar refractivity (Wildman–Crippen MR) is 118 cm³/mol. The quantitative estimate of drug-likeness (QED) is 0.380. The van der Waals surface area contributed by atoms with Gasteiger partial charge in [-0.05, 0) is 24.6 Å². The summed E-state index contributed by atoms with van der Waals surface area (Å²) in [5.41, 5.74) is 0.765. The molecule has 1 unspecified atom stereocenters. The molecule has 0 bridgehead atoms. The Labute approximate surface area is 187 Å². The van der Waals surface area contributed by atoms with Crippen LogP contribution in [-0.2, 0) is 9.59 Å². The van der Waals surface area contributed by atoms with Gasteiger partial charge in [0, 0.05) is 18.2 Å². The number of ketones is 1. The fourth-order valence-corrected chi connectivity index (χ4v) is 3.94. The van der Waals surface area contributed by atoms with Crippen LogP contribution in [0.2, 0.25) is 0 Å². The maximum atomic E-state index is 13.1. The highest BCUT2D eigenvalue weighted by Crippen LogP contribution is 2.46. The van der Waals surface area contributed by atoms with Crippen LogP contribution in [0.25, 0.3) is 5.76 Å². The number of Topliss-reactive ketones (excluding diaryl/α,β-unsaturated/α-hetero) is 1. The normalized spacial score (nSPS) is 17.4.